The number of hydrogen-bond donors (Lipinski definition) is 0. The summed E-state index contributed by atoms with van der Waals surface area (Å²) in [7, 11) is 0. The van der Waals surface area contributed by atoms with Crippen molar-refractivity contribution in [2.75, 3.05) is 6.61 Å². The monoisotopic (exact) mass is 500 g/mol. The van der Waals surface area contributed by atoms with Crippen molar-refractivity contribution >= 4 is 11.9 Å². The quantitative estimate of drug-likeness (QED) is 0.374. The minimum absolute atomic E-state index is 0.120. The highest BCUT2D eigenvalue weighted by atomic mass is 16.5. The maximum Gasteiger partial charge on any atom is 0.302 e. The molecule has 0 bridgehead atoms. The molecule has 0 amide bonds. The molecule has 5 aliphatic rings. The van der Waals surface area contributed by atoms with E-state index >= 15 is 0 Å². The molecule has 1 unspecified atom stereocenters. The molecule has 0 N–H and O–H groups in total. The molecular formula is C31H48O5. The van der Waals surface area contributed by atoms with E-state index in [1.807, 2.05) is 0 Å². The molecule has 4 saturated carbocycles. The van der Waals surface area contributed by atoms with E-state index in [1.165, 1.54) is 56.8 Å². The van der Waals surface area contributed by atoms with Crippen LogP contribution in [0.25, 0.3) is 0 Å². The molecular weight excluding hydrogens is 452 g/mol. The smallest absolute Gasteiger partial charge is 0.302 e. The van der Waals surface area contributed by atoms with Gasteiger partial charge in [0.1, 0.15) is 12.2 Å². The summed E-state index contributed by atoms with van der Waals surface area (Å²) >= 11 is 0. The summed E-state index contributed by atoms with van der Waals surface area (Å²) in [6, 6.07) is 0. The molecule has 4 aliphatic carbocycles. The van der Waals surface area contributed by atoms with Gasteiger partial charge in [-0.2, -0.15) is 0 Å². The Morgan fingerprint density at radius 1 is 1.00 bits per heavy atom. The van der Waals surface area contributed by atoms with Gasteiger partial charge < -0.3 is 14.2 Å². The normalized spacial score (nSPS) is 44.0. The van der Waals surface area contributed by atoms with Crippen molar-refractivity contribution in [1.82, 2.24) is 0 Å². The minimum atomic E-state index is -0.196. The molecule has 0 spiro atoms. The van der Waals surface area contributed by atoms with Crippen LogP contribution in [0.15, 0.2) is 11.3 Å². The van der Waals surface area contributed by atoms with Crippen LogP contribution < -0.4 is 0 Å². The lowest BCUT2D eigenvalue weighted by molar-refractivity contribution is -0.159. The third kappa shape index (κ3) is 4.41. The van der Waals surface area contributed by atoms with Crippen LogP contribution in [0.4, 0.5) is 0 Å². The number of fused-ring (bicyclic) bond motifs is 7. The Morgan fingerprint density at radius 3 is 2.47 bits per heavy atom. The summed E-state index contributed by atoms with van der Waals surface area (Å²) in [6.07, 6.45) is 12.2. The lowest BCUT2D eigenvalue weighted by atomic mass is 9.44. The van der Waals surface area contributed by atoms with E-state index in [0.29, 0.717) is 41.3 Å². The van der Waals surface area contributed by atoms with Gasteiger partial charge >= 0.3 is 11.9 Å². The number of allylic oxidation sites excluding steroid dienone is 1. The zero-order valence-electron chi connectivity index (χ0n) is 23.4. The van der Waals surface area contributed by atoms with Crippen LogP contribution in [0.5, 0.6) is 0 Å². The predicted molar refractivity (Wildman–Crippen MR) is 139 cm³/mol. The molecule has 0 radical (unpaired) electrons. The number of hydrogen-bond acceptors (Lipinski definition) is 5. The maximum absolute atomic E-state index is 11.6. The van der Waals surface area contributed by atoms with Gasteiger partial charge in [-0.05, 0) is 111 Å². The van der Waals surface area contributed by atoms with Crippen molar-refractivity contribution in [3.05, 3.63) is 11.3 Å². The number of carbonyl (C=O) groups excluding carboxylic acids is 2. The first kappa shape index (κ1) is 26.1. The summed E-state index contributed by atoms with van der Waals surface area (Å²) < 4.78 is 17.6. The fourth-order valence-corrected chi connectivity index (χ4v) is 9.86. The van der Waals surface area contributed by atoms with Crippen LogP contribution in [0.3, 0.4) is 0 Å². The van der Waals surface area contributed by atoms with Crippen molar-refractivity contribution in [2.24, 2.45) is 46.3 Å². The molecule has 10 atom stereocenters. The van der Waals surface area contributed by atoms with Gasteiger partial charge in [-0.3, -0.25) is 9.59 Å². The van der Waals surface area contributed by atoms with Gasteiger partial charge in [-0.1, -0.05) is 20.8 Å². The summed E-state index contributed by atoms with van der Waals surface area (Å²) in [6.45, 7) is 13.2. The molecule has 5 nitrogen and oxygen atoms in total. The van der Waals surface area contributed by atoms with Crippen LogP contribution in [0, 0.1) is 46.3 Å². The van der Waals surface area contributed by atoms with Gasteiger partial charge in [-0.25, -0.2) is 0 Å². The second-order valence-electron chi connectivity index (χ2n) is 13.6. The Hall–Kier alpha value is -1.52. The highest BCUT2D eigenvalue weighted by Crippen LogP contribution is 2.69. The van der Waals surface area contributed by atoms with Crippen molar-refractivity contribution in [1.29, 1.82) is 0 Å². The third-order valence-electron chi connectivity index (χ3n) is 11.6. The third-order valence-corrected chi connectivity index (χ3v) is 11.6. The Kier molecular flexibility index (Phi) is 7.00. The molecule has 5 rings (SSSR count). The van der Waals surface area contributed by atoms with E-state index in [2.05, 4.69) is 27.7 Å². The second kappa shape index (κ2) is 9.66. The lowest BCUT2D eigenvalue weighted by Crippen LogP contribution is -2.54. The Bertz CT molecular complexity index is 909. The molecule has 36 heavy (non-hydrogen) atoms. The fraction of sp³-hybridized carbons (Fsp3) is 0.871. The van der Waals surface area contributed by atoms with Gasteiger partial charge in [0.05, 0.1) is 12.4 Å². The van der Waals surface area contributed by atoms with Gasteiger partial charge in [0, 0.05) is 26.2 Å². The van der Waals surface area contributed by atoms with Crippen molar-refractivity contribution in [2.45, 2.75) is 118 Å². The Balaban J connectivity index is 1.26. The highest BCUT2D eigenvalue weighted by molar-refractivity contribution is 5.66. The summed E-state index contributed by atoms with van der Waals surface area (Å²) in [5.74, 6) is 4.89. The van der Waals surface area contributed by atoms with Crippen LogP contribution in [0.2, 0.25) is 0 Å². The van der Waals surface area contributed by atoms with E-state index in [4.69, 9.17) is 14.2 Å². The molecule has 4 fully saturated rings. The number of carbonyl (C=O) groups is 2. The van der Waals surface area contributed by atoms with Crippen LogP contribution in [-0.2, 0) is 23.8 Å². The first-order chi connectivity index (χ1) is 17.0. The molecule has 0 aromatic rings. The Morgan fingerprint density at radius 2 is 1.75 bits per heavy atom. The van der Waals surface area contributed by atoms with Crippen LogP contribution >= 0.6 is 0 Å². The lowest BCUT2D eigenvalue weighted by Gasteiger charge is -2.61. The first-order valence-corrected chi connectivity index (χ1v) is 14.7. The number of rotatable bonds is 6. The van der Waals surface area contributed by atoms with Gasteiger partial charge in [0.25, 0.3) is 0 Å². The molecule has 1 aliphatic heterocycles. The van der Waals surface area contributed by atoms with E-state index in [0.717, 1.165) is 43.4 Å². The summed E-state index contributed by atoms with van der Waals surface area (Å²) in [5, 5.41) is 0. The zero-order chi connectivity index (χ0) is 25.8. The largest absolute Gasteiger partial charge is 0.494 e. The number of ether oxygens (including phenoxy) is 3. The standard InChI is InChI=1S/C31H48O5/c1-18(17-34-20(3)32)7-10-27-19(2)29-28(36-27)16-26-24-9-8-22-15-23(35-21(4)33)11-13-30(22,5)25(24)12-14-31(26,29)6/h18,22-26,28-29H,7-17H2,1-6H3/t18?,22-,23-,24+,25-,26-,28-,29-,30-,31-/m0/s1. The molecule has 1 heterocycles. The molecule has 0 saturated heterocycles. The maximum atomic E-state index is 11.6. The minimum Gasteiger partial charge on any atom is -0.494 e. The van der Waals surface area contributed by atoms with Crippen LogP contribution in [0.1, 0.15) is 106 Å². The SMILES string of the molecule is CC(=O)OCC(C)CCC1=C(C)[C@H]2[C@H](C[C@H]3[C@@H]4CC[C@H]5C[C@@H](OC(C)=O)CC[C@]5(C)[C@H]4CC[C@@]32C)O1. The highest BCUT2D eigenvalue weighted by Gasteiger charge is 2.64. The summed E-state index contributed by atoms with van der Waals surface area (Å²) in [5.41, 5.74) is 2.25. The van der Waals surface area contributed by atoms with E-state index in [9.17, 15) is 9.59 Å². The van der Waals surface area contributed by atoms with E-state index in [1.54, 1.807) is 6.92 Å². The number of esters is 2. The molecule has 0 aromatic carbocycles. The summed E-state index contributed by atoms with van der Waals surface area (Å²) in [4.78, 5) is 22.7. The van der Waals surface area contributed by atoms with Crippen molar-refractivity contribution in [3.8, 4) is 0 Å². The van der Waals surface area contributed by atoms with E-state index < -0.39 is 0 Å². The molecule has 5 heteroatoms. The molecule has 0 aromatic heterocycles. The van der Waals surface area contributed by atoms with Crippen LogP contribution in [-0.4, -0.2) is 30.8 Å². The zero-order valence-corrected chi connectivity index (χ0v) is 23.4. The van der Waals surface area contributed by atoms with E-state index in [-0.39, 0.29) is 18.0 Å². The average Bonchev–Trinajstić information content (AvgIpc) is 3.29. The predicted octanol–water partition coefficient (Wildman–Crippen LogP) is 6.84. The topological polar surface area (TPSA) is 61.8 Å². The fourth-order valence-electron chi connectivity index (χ4n) is 9.86. The van der Waals surface area contributed by atoms with Gasteiger partial charge in [0.2, 0.25) is 0 Å². The van der Waals surface area contributed by atoms with Gasteiger partial charge in [-0.15, -0.1) is 0 Å². The second-order valence-corrected chi connectivity index (χ2v) is 13.6. The molecule has 202 valence electrons. The Labute approximate surface area is 218 Å². The first-order valence-electron chi connectivity index (χ1n) is 14.7. The van der Waals surface area contributed by atoms with Crippen molar-refractivity contribution in [3.63, 3.8) is 0 Å². The van der Waals surface area contributed by atoms with Crippen molar-refractivity contribution < 1.29 is 23.8 Å². The van der Waals surface area contributed by atoms with Gasteiger partial charge in [0.15, 0.2) is 0 Å². The average molecular weight is 501 g/mol.